The molecule has 9 heteroatoms. The Kier molecular flexibility index (Phi) is 9.94. The second kappa shape index (κ2) is 12.9. The maximum absolute atomic E-state index is 14.0. The lowest BCUT2D eigenvalue weighted by Crippen LogP contribution is -2.52. The van der Waals surface area contributed by atoms with Crippen LogP contribution < -0.4 is 9.62 Å². The molecule has 0 aliphatic rings. The van der Waals surface area contributed by atoms with E-state index in [2.05, 4.69) is 5.32 Å². The fraction of sp³-hybridized carbons (Fsp3) is 0.310. The Hall–Kier alpha value is -3.36. The first-order valence-electron chi connectivity index (χ1n) is 12.6. The summed E-state index contributed by atoms with van der Waals surface area (Å²) >= 11 is 6.05. The predicted octanol–water partition coefficient (Wildman–Crippen LogP) is 5.10. The highest BCUT2D eigenvalue weighted by Crippen LogP contribution is 2.29. The van der Waals surface area contributed by atoms with E-state index in [4.69, 9.17) is 11.6 Å². The lowest BCUT2D eigenvalue weighted by atomic mass is 10.1. The summed E-state index contributed by atoms with van der Waals surface area (Å²) in [6.07, 6.45) is 0.361. The van der Waals surface area contributed by atoms with Crippen molar-refractivity contribution >= 4 is 39.1 Å². The summed E-state index contributed by atoms with van der Waals surface area (Å²) in [6, 6.07) is 19.6. The maximum Gasteiger partial charge on any atom is 0.264 e. The highest BCUT2D eigenvalue weighted by atomic mass is 35.5. The molecule has 38 heavy (non-hydrogen) atoms. The molecule has 2 amide bonds. The Morgan fingerprint density at radius 2 is 1.58 bits per heavy atom. The van der Waals surface area contributed by atoms with Gasteiger partial charge >= 0.3 is 0 Å². The topological polar surface area (TPSA) is 86.8 Å². The summed E-state index contributed by atoms with van der Waals surface area (Å²) in [5.41, 5.74) is 2.84. The normalized spacial score (nSPS) is 12.0. The van der Waals surface area contributed by atoms with Crippen LogP contribution in [0.4, 0.5) is 5.69 Å². The van der Waals surface area contributed by atoms with Gasteiger partial charge in [0, 0.05) is 18.1 Å². The number of aryl methyl sites for hydroxylation is 1. The third-order valence-corrected chi connectivity index (χ3v) is 8.48. The summed E-state index contributed by atoms with van der Waals surface area (Å²) in [4.78, 5) is 28.5. The van der Waals surface area contributed by atoms with E-state index in [1.807, 2.05) is 33.8 Å². The molecule has 1 N–H and O–H groups in total. The molecular formula is C29H34ClN3O4S. The Labute approximate surface area is 230 Å². The standard InChI is InChI=1S/C29H34ClN3O4S/c1-5-26(29(35)31-6-2)32(19-23-15-17-24(30)18-16-23)28(34)20-33(27-14-10-11-21(3)22(27)4)38(36,37)25-12-8-7-9-13-25/h7-18,26H,5-6,19-20H2,1-4H3,(H,31,35)/t26-/m1/s1. The van der Waals surface area contributed by atoms with Gasteiger partial charge in [-0.3, -0.25) is 13.9 Å². The lowest BCUT2D eigenvalue weighted by Gasteiger charge is -2.33. The molecule has 0 fully saturated rings. The van der Waals surface area contributed by atoms with E-state index in [1.54, 1.807) is 54.6 Å². The summed E-state index contributed by atoms with van der Waals surface area (Å²) < 4.78 is 28.9. The summed E-state index contributed by atoms with van der Waals surface area (Å²) in [6.45, 7) is 7.43. The highest BCUT2D eigenvalue weighted by Gasteiger charge is 2.34. The predicted molar refractivity (Wildman–Crippen MR) is 152 cm³/mol. The number of sulfonamides is 1. The van der Waals surface area contributed by atoms with Crippen LogP contribution in [-0.2, 0) is 26.2 Å². The van der Waals surface area contributed by atoms with Crippen molar-refractivity contribution in [2.45, 2.75) is 51.6 Å². The van der Waals surface area contributed by atoms with Crippen molar-refractivity contribution in [2.24, 2.45) is 0 Å². The van der Waals surface area contributed by atoms with Gasteiger partial charge in [0.25, 0.3) is 10.0 Å². The zero-order valence-corrected chi connectivity index (χ0v) is 23.7. The van der Waals surface area contributed by atoms with E-state index >= 15 is 0 Å². The van der Waals surface area contributed by atoms with Gasteiger partial charge < -0.3 is 10.2 Å². The Balaban J connectivity index is 2.09. The van der Waals surface area contributed by atoms with E-state index in [0.717, 1.165) is 21.0 Å². The molecule has 0 radical (unpaired) electrons. The zero-order valence-electron chi connectivity index (χ0n) is 22.1. The fourth-order valence-corrected chi connectivity index (χ4v) is 5.86. The van der Waals surface area contributed by atoms with Crippen LogP contribution in [0.3, 0.4) is 0 Å². The molecule has 7 nitrogen and oxygen atoms in total. The first-order valence-corrected chi connectivity index (χ1v) is 14.4. The van der Waals surface area contributed by atoms with Crippen LogP contribution in [0, 0.1) is 13.8 Å². The van der Waals surface area contributed by atoms with Crippen molar-refractivity contribution in [3.8, 4) is 0 Å². The number of hydrogen-bond acceptors (Lipinski definition) is 4. The van der Waals surface area contributed by atoms with E-state index in [-0.39, 0.29) is 17.3 Å². The Bertz CT molecular complexity index is 1360. The minimum Gasteiger partial charge on any atom is -0.355 e. The molecule has 0 unspecified atom stereocenters. The molecule has 0 saturated heterocycles. The average molecular weight is 556 g/mol. The first-order chi connectivity index (χ1) is 18.1. The molecule has 0 saturated carbocycles. The number of likely N-dealkylation sites (N-methyl/N-ethyl adjacent to an activating group) is 1. The summed E-state index contributed by atoms with van der Waals surface area (Å²) in [5, 5.41) is 3.35. The van der Waals surface area contributed by atoms with Gasteiger partial charge in [-0.2, -0.15) is 0 Å². The Morgan fingerprint density at radius 3 is 2.18 bits per heavy atom. The number of carbonyl (C=O) groups is 2. The third kappa shape index (κ3) is 6.74. The van der Waals surface area contributed by atoms with Crippen LogP contribution in [0.1, 0.15) is 37.0 Å². The number of rotatable bonds is 11. The van der Waals surface area contributed by atoms with E-state index in [0.29, 0.717) is 23.7 Å². The second-order valence-corrected chi connectivity index (χ2v) is 11.3. The first kappa shape index (κ1) is 29.2. The molecule has 0 aromatic heterocycles. The molecule has 0 spiro atoms. The van der Waals surface area contributed by atoms with Gasteiger partial charge in [0.1, 0.15) is 12.6 Å². The molecule has 202 valence electrons. The Morgan fingerprint density at radius 1 is 0.921 bits per heavy atom. The van der Waals surface area contributed by atoms with Crippen LogP contribution >= 0.6 is 11.6 Å². The monoisotopic (exact) mass is 555 g/mol. The maximum atomic E-state index is 14.0. The van der Waals surface area contributed by atoms with Gasteiger partial charge in [-0.05, 0) is 74.2 Å². The minimum absolute atomic E-state index is 0.0775. The van der Waals surface area contributed by atoms with Crippen molar-refractivity contribution in [3.63, 3.8) is 0 Å². The molecule has 0 bridgehead atoms. The van der Waals surface area contributed by atoms with Crippen LogP contribution in [0.2, 0.25) is 5.02 Å². The molecule has 3 aromatic rings. The number of benzene rings is 3. The average Bonchev–Trinajstić information content (AvgIpc) is 2.90. The van der Waals surface area contributed by atoms with E-state index < -0.39 is 28.5 Å². The SMILES string of the molecule is CCNC(=O)[C@@H](CC)N(Cc1ccc(Cl)cc1)C(=O)CN(c1cccc(C)c1C)S(=O)(=O)c1ccccc1. The van der Waals surface area contributed by atoms with Crippen LogP contribution in [0.5, 0.6) is 0 Å². The fourth-order valence-electron chi connectivity index (χ4n) is 4.24. The van der Waals surface area contributed by atoms with Gasteiger partial charge in [-0.1, -0.05) is 61.0 Å². The third-order valence-electron chi connectivity index (χ3n) is 6.46. The number of anilines is 1. The molecule has 3 rings (SSSR count). The highest BCUT2D eigenvalue weighted by molar-refractivity contribution is 7.92. The van der Waals surface area contributed by atoms with E-state index in [9.17, 15) is 18.0 Å². The molecule has 0 aliphatic carbocycles. The molecule has 0 aliphatic heterocycles. The largest absolute Gasteiger partial charge is 0.355 e. The summed E-state index contributed by atoms with van der Waals surface area (Å²) in [7, 11) is -4.10. The van der Waals surface area contributed by atoms with Crippen molar-refractivity contribution in [1.29, 1.82) is 0 Å². The number of amides is 2. The molecule has 3 aromatic carbocycles. The summed E-state index contributed by atoms with van der Waals surface area (Å²) in [5.74, 6) is -0.778. The number of nitrogens with zero attached hydrogens (tertiary/aromatic N) is 2. The smallest absolute Gasteiger partial charge is 0.264 e. The van der Waals surface area contributed by atoms with Gasteiger partial charge in [0.05, 0.1) is 10.6 Å². The van der Waals surface area contributed by atoms with Crippen molar-refractivity contribution in [2.75, 3.05) is 17.4 Å². The van der Waals surface area contributed by atoms with Crippen molar-refractivity contribution in [3.05, 3.63) is 94.5 Å². The van der Waals surface area contributed by atoms with E-state index in [1.165, 1.54) is 17.0 Å². The quantitative estimate of drug-likeness (QED) is 0.357. The lowest BCUT2D eigenvalue weighted by molar-refractivity contribution is -0.140. The van der Waals surface area contributed by atoms with Gasteiger partial charge in [-0.25, -0.2) is 8.42 Å². The van der Waals surface area contributed by atoms with Crippen LogP contribution in [0.15, 0.2) is 77.7 Å². The molecule has 0 heterocycles. The minimum atomic E-state index is -4.10. The van der Waals surface area contributed by atoms with Crippen LogP contribution in [0.25, 0.3) is 0 Å². The number of halogens is 1. The number of nitrogens with one attached hydrogen (secondary N) is 1. The molecule has 1 atom stereocenters. The van der Waals surface area contributed by atoms with Gasteiger partial charge in [0.2, 0.25) is 11.8 Å². The van der Waals surface area contributed by atoms with Crippen molar-refractivity contribution < 1.29 is 18.0 Å². The van der Waals surface area contributed by atoms with Gasteiger partial charge in [-0.15, -0.1) is 0 Å². The molecular weight excluding hydrogens is 522 g/mol. The van der Waals surface area contributed by atoms with Crippen molar-refractivity contribution in [1.82, 2.24) is 10.2 Å². The van der Waals surface area contributed by atoms with Crippen LogP contribution in [-0.4, -0.2) is 44.3 Å². The zero-order chi connectivity index (χ0) is 27.9. The number of carbonyl (C=O) groups excluding carboxylic acids is 2. The van der Waals surface area contributed by atoms with Gasteiger partial charge in [0.15, 0.2) is 0 Å². The number of hydrogen-bond donors (Lipinski definition) is 1. The second-order valence-electron chi connectivity index (χ2n) is 9.01.